The van der Waals surface area contributed by atoms with Crippen LogP contribution < -0.4 is 5.32 Å². The standard InChI is InChI=1S/C13H17BrClNO2/c1-3-4-10(8-18-2)16-13(17)9-5-6-11(14)12(15)7-9/h5-7,10H,3-4,8H2,1-2H3,(H,16,17). The first-order valence-corrected chi connectivity index (χ1v) is 7.00. The third kappa shape index (κ3) is 4.59. The zero-order valence-electron chi connectivity index (χ0n) is 10.5. The van der Waals surface area contributed by atoms with Gasteiger partial charge in [0.05, 0.1) is 17.7 Å². The molecular weight excluding hydrogens is 318 g/mol. The van der Waals surface area contributed by atoms with Gasteiger partial charge in [-0.1, -0.05) is 24.9 Å². The van der Waals surface area contributed by atoms with E-state index in [0.717, 1.165) is 17.3 Å². The van der Waals surface area contributed by atoms with E-state index >= 15 is 0 Å². The summed E-state index contributed by atoms with van der Waals surface area (Å²) in [6.45, 7) is 2.59. The number of halogens is 2. The number of hydrogen-bond acceptors (Lipinski definition) is 2. The third-order valence-corrected chi connectivity index (χ3v) is 3.75. The van der Waals surface area contributed by atoms with Crippen molar-refractivity contribution in [1.82, 2.24) is 5.32 Å². The first-order valence-electron chi connectivity index (χ1n) is 5.83. The predicted molar refractivity (Wildman–Crippen MR) is 77.2 cm³/mol. The molecule has 1 rings (SSSR count). The van der Waals surface area contributed by atoms with E-state index in [-0.39, 0.29) is 11.9 Å². The van der Waals surface area contributed by atoms with Gasteiger partial charge in [0.1, 0.15) is 0 Å². The number of rotatable bonds is 6. The highest BCUT2D eigenvalue weighted by molar-refractivity contribution is 9.10. The summed E-state index contributed by atoms with van der Waals surface area (Å²) in [5.41, 5.74) is 0.556. The molecule has 1 amide bonds. The second-order valence-corrected chi connectivity index (χ2v) is 5.30. The molecular formula is C13H17BrClNO2. The Kier molecular flexibility index (Phi) is 6.68. The van der Waals surface area contributed by atoms with E-state index in [1.54, 1.807) is 25.3 Å². The molecule has 0 aliphatic carbocycles. The van der Waals surface area contributed by atoms with Crippen molar-refractivity contribution < 1.29 is 9.53 Å². The molecule has 1 aromatic rings. The molecule has 3 nitrogen and oxygen atoms in total. The summed E-state index contributed by atoms with van der Waals surface area (Å²) in [5.74, 6) is -0.125. The van der Waals surface area contributed by atoms with Crippen LogP contribution in [0.1, 0.15) is 30.1 Å². The lowest BCUT2D eigenvalue weighted by molar-refractivity contribution is 0.0891. The number of hydrogen-bond donors (Lipinski definition) is 1. The Morgan fingerprint density at radius 3 is 2.83 bits per heavy atom. The average molecular weight is 335 g/mol. The molecule has 18 heavy (non-hydrogen) atoms. The van der Waals surface area contributed by atoms with Crippen molar-refractivity contribution in [3.63, 3.8) is 0 Å². The van der Waals surface area contributed by atoms with Crippen LogP contribution in [0.2, 0.25) is 5.02 Å². The molecule has 0 saturated heterocycles. The van der Waals surface area contributed by atoms with Crippen LogP contribution in [0.4, 0.5) is 0 Å². The van der Waals surface area contributed by atoms with Gasteiger partial charge < -0.3 is 10.1 Å². The summed E-state index contributed by atoms with van der Waals surface area (Å²) >= 11 is 9.26. The fourth-order valence-electron chi connectivity index (χ4n) is 1.65. The lowest BCUT2D eigenvalue weighted by Gasteiger charge is -2.17. The number of nitrogens with one attached hydrogen (secondary N) is 1. The summed E-state index contributed by atoms with van der Waals surface area (Å²) in [7, 11) is 1.63. The first-order chi connectivity index (χ1) is 8.58. The van der Waals surface area contributed by atoms with Gasteiger partial charge in [-0.3, -0.25) is 4.79 Å². The van der Waals surface area contributed by atoms with Gasteiger partial charge >= 0.3 is 0 Å². The molecule has 100 valence electrons. The van der Waals surface area contributed by atoms with Crippen LogP contribution in [0.5, 0.6) is 0 Å². The summed E-state index contributed by atoms with van der Waals surface area (Å²) in [5, 5.41) is 3.47. The number of amides is 1. The third-order valence-electron chi connectivity index (χ3n) is 2.52. The quantitative estimate of drug-likeness (QED) is 0.862. The van der Waals surface area contributed by atoms with Crippen molar-refractivity contribution in [1.29, 1.82) is 0 Å². The maximum absolute atomic E-state index is 12.0. The molecule has 1 aromatic carbocycles. The van der Waals surface area contributed by atoms with Crippen LogP contribution >= 0.6 is 27.5 Å². The second-order valence-electron chi connectivity index (χ2n) is 4.04. The van der Waals surface area contributed by atoms with Gasteiger partial charge in [0.15, 0.2) is 0 Å². The Morgan fingerprint density at radius 2 is 2.28 bits per heavy atom. The van der Waals surface area contributed by atoms with Gasteiger partial charge in [-0.05, 0) is 40.5 Å². The summed E-state index contributed by atoms with van der Waals surface area (Å²) in [4.78, 5) is 12.0. The predicted octanol–water partition coefficient (Wildman–Crippen LogP) is 3.65. The average Bonchev–Trinajstić information content (AvgIpc) is 2.33. The van der Waals surface area contributed by atoms with Crippen LogP contribution in [0, 0.1) is 0 Å². The summed E-state index contributed by atoms with van der Waals surface area (Å²) < 4.78 is 5.87. The Labute approximate surface area is 121 Å². The van der Waals surface area contributed by atoms with E-state index in [0.29, 0.717) is 17.2 Å². The highest BCUT2D eigenvalue weighted by atomic mass is 79.9. The molecule has 0 spiro atoms. The Hall–Kier alpha value is -0.580. The molecule has 0 fully saturated rings. The number of methoxy groups -OCH3 is 1. The van der Waals surface area contributed by atoms with E-state index in [1.165, 1.54) is 0 Å². The smallest absolute Gasteiger partial charge is 0.251 e. The minimum Gasteiger partial charge on any atom is -0.383 e. The summed E-state index contributed by atoms with van der Waals surface area (Å²) in [6, 6.07) is 5.19. The van der Waals surface area contributed by atoms with E-state index in [4.69, 9.17) is 16.3 Å². The second kappa shape index (κ2) is 7.77. The molecule has 0 heterocycles. The van der Waals surface area contributed by atoms with Crippen molar-refractivity contribution in [2.24, 2.45) is 0 Å². The topological polar surface area (TPSA) is 38.3 Å². The number of carbonyl (C=O) groups is 1. The monoisotopic (exact) mass is 333 g/mol. The van der Waals surface area contributed by atoms with Crippen molar-refractivity contribution in [3.8, 4) is 0 Å². The number of carbonyl (C=O) groups excluding carboxylic acids is 1. The zero-order chi connectivity index (χ0) is 13.5. The fourth-order valence-corrected chi connectivity index (χ4v) is 2.08. The minimum absolute atomic E-state index is 0.0370. The lowest BCUT2D eigenvalue weighted by atomic mass is 10.1. The molecule has 1 N–H and O–H groups in total. The van der Waals surface area contributed by atoms with E-state index < -0.39 is 0 Å². The molecule has 0 saturated carbocycles. The van der Waals surface area contributed by atoms with Gasteiger partial charge in [0.25, 0.3) is 5.91 Å². The summed E-state index contributed by atoms with van der Waals surface area (Å²) in [6.07, 6.45) is 1.89. The van der Waals surface area contributed by atoms with Crippen molar-refractivity contribution in [3.05, 3.63) is 33.3 Å². The molecule has 0 radical (unpaired) electrons. The first kappa shape index (κ1) is 15.5. The van der Waals surface area contributed by atoms with Crippen LogP contribution in [-0.4, -0.2) is 25.7 Å². The molecule has 5 heteroatoms. The van der Waals surface area contributed by atoms with Crippen LogP contribution in [-0.2, 0) is 4.74 Å². The number of ether oxygens (including phenoxy) is 1. The maximum atomic E-state index is 12.0. The fraction of sp³-hybridized carbons (Fsp3) is 0.462. The molecule has 0 aliphatic heterocycles. The van der Waals surface area contributed by atoms with Crippen molar-refractivity contribution in [2.75, 3.05) is 13.7 Å². The van der Waals surface area contributed by atoms with E-state index in [9.17, 15) is 4.79 Å². The van der Waals surface area contributed by atoms with E-state index in [1.807, 2.05) is 0 Å². The highest BCUT2D eigenvalue weighted by Gasteiger charge is 2.13. The molecule has 1 atom stereocenters. The van der Waals surface area contributed by atoms with Gasteiger partial charge in [-0.2, -0.15) is 0 Å². The highest BCUT2D eigenvalue weighted by Crippen LogP contribution is 2.23. The molecule has 0 bridgehead atoms. The number of benzene rings is 1. The normalized spacial score (nSPS) is 12.2. The van der Waals surface area contributed by atoms with Gasteiger partial charge in [-0.15, -0.1) is 0 Å². The Balaban J connectivity index is 2.70. The molecule has 1 unspecified atom stereocenters. The lowest BCUT2D eigenvalue weighted by Crippen LogP contribution is -2.37. The van der Waals surface area contributed by atoms with E-state index in [2.05, 4.69) is 28.2 Å². The minimum atomic E-state index is -0.125. The molecule has 0 aromatic heterocycles. The van der Waals surface area contributed by atoms with Gasteiger partial charge in [-0.25, -0.2) is 0 Å². The maximum Gasteiger partial charge on any atom is 0.251 e. The van der Waals surface area contributed by atoms with Gasteiger partial charge in [0, 0.05) is 17.1 Å². The molecule has 0 aliphatic rings. The van der Waals surface area contributed by atoms with Crippen molar-refractivity contribution >= 4 is 33.4 Å². The Morgan fingerprint density at radius 1 is 1.56 bits per heavy atom. The largest absolute Gasteiger partial charge is 0.383 e. The van der Waals surface area contributed by atoms with Crippen molar-refractivity contribution in [2.45, 2.75) is 25.8 Å². The zero-order valence-corrected chi connectivity index (χ0v) is 12.8. The Bertz CT molecular complexity index is 406. The van der Waals surface area contributed by atoms with Crippen LogP contribution in [0.3, 0.4) is 0 Å². The van der Waals surface area contributed by atoms with Crippen LogP contribution in [0.15, 0.2) is 22.7 Å². The van der Waals surface area contributed by atoms with Gasteiger partial charge in [0.2, 0.25) is 0 Å². The van der Waals surface area contributed by atoms with Crippen LogP contribution in [0.25, 0.3) is 0 Å². The SMILES string of the molecule is CCCC(COC)NC(=O)c1ccc(Br)c(Cl)c1.